The number of hydrogen-bond acceptors (Lipinski definition) is 3. The van der Waals surface area contributed by atoms with Crippen molar-refractivity contribution >= 4 is 10.1 Å². The Morgan fingerprint density at radius 1 is 1.14 bits per heavy atom. The topological polar surface area (TPSA) is 43.4 Å². The highest BCUT2D eigenvalue weighted by molar-refractivity contribution is 7.86. The van der Waals surface area contributed by atoms with Crippen LogP contribution in [0.15, 0.2) is 29.2 Å². The fourth-order valence-electron chi connectivity index (χ4n) is 4.61. The lowest BCUT2D eigenvalue weighted by molar-refractivity contribution is 0.0448. The summed E-state index contributed by atoms with van der Waals surface area (Å²) in [6, 6.07) is 6.85. The van der Waals surface area contributed by atoms with Crippen molar-refractivity contribution in [1.29, 1.82) is 0 Å². The van der Waals surface area contributed by atoms with Crippen LogP contribution < -0.4 is 0 Å². The summed E-state index contributed by atoms with van der Waals surface area (Å²) in [5.41, 5.74) is 2.32. The monoisotopic (exact) mass is 306 g/mol. The first-order valence-electron chi connectivity index (χ1n) is 7.91. The van der Waals surface area contributed by atoms with E-state index in [0.29, 0.717) is 23.4 Å². The van der Waals surface area contributed by atoms with Gasteiger partial charge >= 0.3 is 0 Å². The minimum absolute atomic E-state index is 0.268. The third-order valence-electron chi connectivity index (χ3n) is 6.11. The summed E-state index contributed by atoms with van der Waals surface area (Å²) in [6.45, 7) is 2.30. The average Bonchev–Trinajstić information content (AvgIpc) is 3.06. The average molecular weight is 306 g/mol. The lowest BCUT2D eigenvalue weighted by atomic mass is 9.62. The summed E-state index contributed by atoms with van der Waals surface area (Å²) < 4.78 is 29.5. The molecule has 0 amide bonds. The van der Waals surface area contributed by atoms with Gasteiger partial charge in [-0.1, -0.05) is 24.1 Å². The predicted octanol–water partition coefficient (Wildman–Crippen LogP) is 3.67. The van der Waals surface area contributed by atoms with E-state index in [1.807, 2.05) is 6.92 Å². The molecule has 4 heteroatoms. The molecule has 0 saturated heterocycles. The first-order chi connectivity index (χ1) is 9.95. The van der Waals surface area contributed by atoms with Crippen molar-refractivity contribution in [3.05, 3.63) is 29.8 Å². The normalized spacial score (nSPS) is 32.7. The Morgan fingerprint density at radius 2 is 1.81 bits per heavy atom. The Hall–Kier alpha value is -0.870. The van der Waals surface area contributed by atoms with Crippen LogP contribution >= 0.6 is 0 Å². The van der Waals surface area contributed by atoms with Crippen molar-refractivity contribution in [2.45, 2.75) is 50.3 Å². The van der Waals surface area contributed by atoms with Gasteiger partial charge in [0.15, 0.2) is 0 Å². The highest BCUT2D eigenvalue weighted by Gasteiger charge is 2.73. The molecule has 3 aliphatic carbocycles. The lowest BCUT2D eigenvalue weighted by Gasteiger charge is -2.43. The molecular weight excluding hydrogens is 284 g/mol. The molecule has 0 heterocycles. The van der Waals surface area contributed by atoms with Gasteiger partial charge in [-0.3, -0.25) is 4.18 Å². The van der Waals surface area contributed by atoms with E-state index >= 15 is 0 Å². The molecular formula is C17H22O3S. The van der Waals surface area contributed by atoms with Gasteiger partial charge in [0.1, 0.15) is 0 Å². The molecule has 3 aliphatic rings. The fourth-order valence-corrected chi connectivity index (χ4v) is 5.59. The third kappa shape index (κ3) is 2.07. The molecule has 0 N–H and O–H groups in total. The molecule has 0 radical (unpaired) electrons. The predicted molar refractivity (Wildman–Crippen MR) is 80.4 cm³/mol. The van der Waals surface area contributed by atoms with Crippen LogP contribution in [-0.2, 0) is 14.3 Å². The van der Waals surface area contributed by atoms with Gasteiger partial charge in [-0.05, 0) is 67.9 Å². The Balaban J connectivity index is 1.32. The maximum atomic E-state index is 12.1. The molecule has 2 spiro atoms. The van der Waals surface area contributed by atoms with Crippen molar-refractivity contribution in [3.63, 3.8) is 0 Å². The smallest absolute Gasteiger partial charge is 0.266 e. The Labute approximate surface area is 126 Å². The zero-order valence-electron chi connectivity index (χ0n) is 12.5. The molecule has 3 fully saturated rings. The molecule has 0 aliphatic heterocycles. The van der Waals surface area contributed by atoms with Crippen LogP contribution in [0, 0.1) is 23.7 Å². The van der Waals surface area contributed by atoms with Crippen LogP contribution in [-0.4, -0.2) is 15.0 Å². The van der Waals surface area contributed by atoms with Crippen LogP contribution in [0.1, 0.15) is 44.1 Å². The van der Waals surface area contributed by atoms with Gasteiger partial charge in [-0.2, -0.15) is 8.42 Å². The molecule has 0 unspecified atom stereocenters. The molecule has 1 aromatic rings. The molecule has 0 aromatic heterocycles. The van der Waals surface area contributed by atoms with Crippen molar-refractivity contribution in [1.82, 2.24) is 0 Å². The van der Waals surface area contributed by atoms with Crippen LogP contribution in [0.5, 0.6) is 0 Å². The van der Waals surface area contributed by atoms with E-state index in [0.717, 1.165) is 5.56 Å². The lowest BCUT2D eigenvalue weighted by Crippen LogP contribution is -2.36. The molecule has 0 atom stereocenters. The second-order valence-corrected chi connectivity index (χ2v) is 9.03. The fraction of sp³-hybridized carbons (Fsp3) is 0.647. The first kappa shape index (κ1) is 13.8. The second-order valence-electron chi connectivity index (χ2n) is 7.42. The highest BCUT2D eigenvalue weighted by Crippen LogP contribution is 2.82. The Bertz CT molecular complexity index is 650. The Kier molecular flexibility index (Phi) is 2.84. The number of aryl methyl sites for hydroxylation is 1. The zero-order valence-corrected chi connectivity index (χ0v) is 13.3. The van der Waals surface area contributed by atoms with Gasteiger partial charge in [-0.25, -0.2) is 0 Å². The molecule has 1 aromatic carbocycles. The minimum Gasteiger partial charge on any atom is -0.266 e. The SMILES string of the molecule is Cc1ccc(S(=O)(=O)OCC2CC3(C2)CC32CCC2)cc1. The van der Waals surface area contributed by atoms with E-state index < -0.39 is 10.1 Å². The van der Waals surface area contributed by atoms with Crippen molar-refractivity contribution in [2.75, 3.05) is 6.61 Å². The van der Waals surface area contributed by atoms with E-state index in [1.165, 1.54) is 38.5 Å². The van der Waals surface area contributed by atoms with Crippen LogP contribution in [0.25, 0.3) is 0 Å². The largest absolute Gasteiger partial charge is 0.296 e. The van der Waals surface area contributed by atoms with E-state index in [2.05, 4.69) is 0 Å². The highest BCUT2D eigenvalue weighted by atomic mass is 32.2. The van der Waals surface area contributed by atoms with Gasteiger partial charge in [0.2, 0.25) is 0 Å². The molecule has 3 nitrogen and oxygen atoms in total. The summed E-state index contributed by atoms with van der Waals surface area (Å²) in [4.78, 5) is 0.268. The molecule has 114 valence electrons. The number of benzene rings is 1. The summed E-state index contributed by atoms with van der Waals surface area (Å²) in [5.74, 6) is 0.435. The standard InChI is InChI=1S/C17H22O3S/c1-13-3-5-15(6-4-13)21(18,19)20-11-14-9-17(10-14)12-16(17)7-2-8-16/h3-6,14H,2,7-12H2,1H3. The van der Waals surface area contributed by atoms with E-state index in [9.17, 15) is 8.42 Å². The number of rotatable bonds is 4. The molecule has 4 rings (SSSR count). The van der Waals surface area contributed by atoms with Crippen molar-refractivity contribution in [3.8, 4) is 0 Å². The summed E-state index contributed by atoms with van der Waals surface area (Å²) in [7, 11) is -3.59. The van der Waals surface area contributed by atoms with Gasteiger partial charge in [-0.15, -0.1) is 0 Å². The second kappa shape index (κ2) is 4.32. The van der Waals surface area contributed by atoms with Gasteiger partial charge in [0.25, 0.3) is 10.1 Å². The molecule has 3 saturated carbocycles. The van der Waals surface area contributed by atoms with Crippen molar-refractivity contribution in [2.24, 2.45) is 16.7 Å². The summed E-state index contributed by atoms with van der Waals surface area (Å²) in [5, 5.41) is 0. The zero-order chi connectivity index (χ0) is 14.7. The van der Waals surface area contributed by atoms with E-state index in [1.54, 1.807) is 24.3 Å². The quantitative estimate of drug-likeness (QED) is 0.797. The number of fused-ring (bicyclic) bond motifs is 1. The van der Waals surface area contributed by atoms with Crippen molar-refractivity contribution < 1.29 is 12.6 Å². The van der Waals surface area contributed by atoms with E-state index in [4.69, 9.17) is 4.18 Å². The summed E-state index contributed by atoms with van der Waals surface area (Å²) in [6.07, 6.45) is 7.95. The maximum Gasteiger partial charge on any atom is 0.296 e. The summed E-state index contributed by atoms with van der Waals surface area (Å²) >= 11 is 0. The number of hydrogen-bond donors (Lipinski definition) is 0. The van der Waals surface area contributed by atoms with Crippen LogP contribution in [0.2, 0.25) is 0 Å². The maximum absolute atomic E-state index is 12.1. The van der Waals surface area contributed by atoms with Gasteiger partial charge < -0.3 is 0 Å². The minimum atomic E-state index is -3.59. The van der Waals surface area contributed by atoms with Gasteiger partial charge in [0.05, 0.1) is 11.5 Å². The van der Waals surface area contributed by atoms with Crippen LogP contribution in [0.4, 0.5) is 0 Å². The first-order valence-corrected chi connectivity index (χ1v) is 9.32. The molecule has 21 heavy (non-hydrogen) atoms. The van der Waals surface area contributed by atoms with Crippen LogP contribution in [0.3, 0.4) is 0 Å². The van der Waals surface area contributed by atoms with E-state index in [-0.39, 0.29) is 4.90 Å². The Morgan fingerprint density at radius 3 is 2.33 bits per heavy atom. The third-order valence-corrected chi connectivity index (χ3v) is 7.41. The van der Waals surface area contributed by atoms with Gasteiger partial charge in [0, 0.05) is 0 Å². The molecule has 0 bridgehead atoms.